The lowest BCUT2D eigenvalue weighted by Gasteiger charge is -2.51. The smallest absolute Gasteiger partial charge is 0.338 e. The first-order chi connectivity index (χ1) is 19.8. The van der Waals surface area contributed by atoms with Gasteiger partial charge in [0.1, 0.15) is 11.5 Å². The van der Waals surface area contributed by atoms with Crippen molar-refractivity contribution < 1.29 is 33.7 Å². The molecule has 2 unspecified atom stereocenters. The summed E-state index contributed by atoms with van der Waals surface area (Å²) in [5.74, 6) is 0.248. The zero-order valence-corrected chi connectivity index (χ0v) is 30.0. The zero-order chi connectivity index (χ0) is 32.6. The number of phenols is 2. The normalized spacial score (nSPS) is 14.2. The zero-order valence-electron chi connectivity index (χ0n) is 28.0. The highest BCUT2D eigenvalue weighted by Gasteiger charge is 2.49. The van der Waals surface area contributed by atoms with Gasteiger partial charge in [0.2, 0.25) is 0 Å². The van der Waals surface area contributed by atoms with Gasteiger partial charge in [0.25, 0.3) is 0 Å². The number of hydrogen-bond acceptors (Lipinski definition) is 7. The van der Waals surface area contributed by atoms with Crippen molar-refractivity contribution >= 4 is 28.3 Å². The maximum atomic E-state index is 12.3. The Bertz CT molecular complexity index is 1090. The highest BCUT2D eigenvalue weighted by atomic mass is 28.4. The van der Waals surface area contributed by atoms with Gasteiger partial charge in [-0.15, -0.1) is 0 Å². The molecule has 0 bridgehead atoms. The first-order valence-electron chi connectivity index (χ1n) is 15.4. The quantitative estimate of drug-likeness (QED) is 0.141. The van der Waals surface area contributed by atoms with Crippen LogP contribution in [0.25, 0.3) is 0 Å². The molecule has 2 aromatic rings. The summed E-state index contributed by atoms with van der Waals surface area (Å²) in [6.45, 7) is 23.7. The number of esters is 2. The van der Waals surface area contributed by atoms with E-state index in [1.165, 1.54) is 24.3 Å². The van der Waals surface area contributed by atoms with Crippen molar-refractivity contribution in [3.63, 3.8) is 0 Å². The van der Waals surface area contributed by atoms with E-state index >= 15 is 0 Å². The average molecular weight is 631 g/mol. The summed E-state index contributed by atoms with van der Waals surface area (Å²) < 4.78 is 18.2. The van der Waals surface area contributed by atoms with Gasteiger partial charge in [-0.25, -0.2) is 9.59 Å². The van der Waals surface area contributed by atoms with Crippen LogP contribution in [-0.2, 0) is 13.9 Å². The fraction of sp³-hybridized carbons (Fsp3) is 0.588. The molecule has 0 aromatic heterocycles. The molecule has 2 aromatic carbocycles. The first-order valence-corrected chi connectivity index (χ1v) is 21.5. The molecule has 0 saturated heterocycles. The fourth-order valence-corrected chi connectivity index (χ4v) is 12.1. The molecule has 0 heterocycles. The number of rotatable bonds is 16. The molecule has 2 rings (SSSR count). The molecular weight excluding hydrogens is 577 g/mol. The lowest BCUT2D eigenvalue weighted by atomic mass is 9.95. The summed E-state index contributed by atoms with van der Waals surface area (Å²) in [5, 5.41) is 18.6. The van der Waals surface area contributed by atoms with Crippen LogP contribution in [-0.4, -0.2) is 57.0 Å². The molecule has 43 heavy (non-hydrogen) atoms. The molecule has 9 heteroatoms. The van der Waals surface area contributed by atoms with Crippen LogP contribution in [0.4, 0.5) is 0 Å². The second-order valence-electron chi connectivity index (χ2n) is 14.5. The number of hydrogen-bond donors (Lipinski definition) is 2. The Kier molecular flexibility index (Phi) is 12.7. The summed E-state index contributed by atoms with van der Waals surface area (Å²) in [7, 11) is -4.04. The molecule has 240 valence electrons. The maximum Gasteiger partial charge on any atom is 0.338 e. The molecule has 0 saturated carbocycles. The van der Waals surface area contributed by atoms with Crippen molar-refractivity contribution in [3.8, 4) is 11.5 Å². The number of carbonyl (C=O) groups is 2. The third-order valence-corrected chi connectivity index (χ3v) is 19.1. The maximum absolute atomic E-state index is 12.3. The van der Waals surface area contributed by atoms with Gasteiger partial charge in [-0.1, -0.05) is 46.8 Å². The summed E-state index contributed by atoms with van der Waals surface area (Å²) in [5.41, 5.74) is 0.875. The second-order valence-corrected chi connectivity index (χ2v) is 24.4. The van der Waals surface area contributed by atoms with Crippen molar-refractivity contribution in [1.82, 2.24) is 0 Å². The summed E-state index contributed by atoms with van der Waals surface area (Å²) >= 11 is 0. The molecule has 0 fully saturated rings. The predicted octanol–water partition coefficient (Wildman–Crippen LogP) is 8.58. The van der Waals surface area contributed by atoms with Crippen LogP contribution < -0.4 is 0 Å². The molecule has 0 spiro atoms. The highest BCUT2D eigenvalue weighted by Crippen LogP contribution is 2.47. The van der Waals surface area contributed by atoms with Gasteiger partial charge in [-0.3, -0.25) is 0 Å². The third kappa shape index (κ3) is 10.8. The van der Waals surface area contributed by atoms with E-state index < -0.39 is 16.4 Å². The van der Waals surface area contributed by atoms with E-state index in [9.17, 15) is 19.8 Å². The van der Waals surface area contributed by atoms with Crippen LogP contribution in [0.5, 0.6) is 11.5 Å². The van der Waals surface area contributed by atoms with Gasteiger partial charge < -0.3 is 24.1 Å². The Morgan fingerprint density at radius 1 is 0.721 bits per heavy atom. The Balaban J connectivity index is 1.87. The van der Waals surface area contributed by atoms with E-state index in [2.05, 4.69) is 67.7 Å². The van der Waals surface area contributed by atoms with Crippen LogP contribution in [0.1, 0.15) is 81.5 Å². The monoisotopic (exact) mass is 630 g/mol. The van der Waals surface area contributed by atoms with Crippen LogP contribution in [0, 0.1) is 11.8 Å². The minimum absolute atomic E-state index is 0.00315. The topological polar surface area (TPSA) is 102 Å². The van der Waals surface area contributed by atoms with Gasteiger partial charge in [0, 0.05) is 5.22 Å². The number of ether oxygens (including phenoxy) is 2. The number of carbonyl (C=O) groups excluding carboxylic acids is 2. The van der Waals surface area contributed by atoms with Crippen molar-refractivity contribution in [3.05, 3.63) is 59.7 Å². The molecule has 0 radical (unpaired) electrons. The Morgan fingerprint density at radius 2 is 1.12 bits per heavy atom. The van der Waals surface area contributed by atoms with Crippen LogP contribution >= 0.6 is 0 Å². The molecule has 2 N–H and O–H groups in total. The lowest BCUT2D eigenvalue weighted by Crippen LogP contribution is -2.59. The molecular formula is C34H54O7Si2. The molecule has 0 aliphatic heterocycles. The lowest BCUT2D eigenvalue weighted by molar-refractivity contribution is 0.0475. The predicted molar refractivity (Wildman–Crippen MR) is 178 cm³/mol. The largest absolute Gasteiger partial charge is 0.508 e. The SMILES string of the molecule is CC(CCOC(=O)c1ccc(O)cc1)CC(C)(C)[Si](C)(C)OC(C)(C)[Si](C)(C)CC(C)CCOC(=O)c1ccc(O)cc1. The van der Waals surface area contributed by atoms with Crippen molar-refractivity contribution in [1.29, 1.82) is 0 Å². The minimum Gasteiger partial charge on any atom is -0.508 e. The van der Waals surface area contributed by atoms with E-state index in [1.54, 1.807) is 24.3 Å². The van der Waals surface area contributed by atoms with Crippen molar-refractivity contribution in [2.45, 2.75) is 103 Å². The van der Waals surface area contributed by atoms with E-state index in [1.807, 2.05) is 0 Å². The van der Waals surface area contributed by atoms with E-state index in [4.69, 9.17) is 13.9 Å². The van der Waals surface area contributed by atoms with Gasteiger partial charge in [0.15, 0.2) is 8.32 Å². The Hall–Kier alpha value is -2.63. The van der Waals surface area contributed by atoms with Gasteiger partial charge in [-0.05, 0) is 112 Å². The summed E-state index contributed by atoms with van der Waals surface area (Å²) in [4.78, 5) is 24.6. The van der Waals surface area contributed by atoms with Crippen LogP contribution in [0.15, 0.2) is 48.5 Å². The molecule has 2 atom stereocenters. The average Bonchev–Trinajstić information content (AvgIpc) is 2.88. The molecule has 7 nitrogen and oxygen atoms in total. The van der Waals surface area contributed by atoms with Crippen molar-refractivity contribution in [2.24, 2.45) is 11.8 Å². The highest BCUT2D eigenvalue weighted by molar-refractivity contribution is 6.82. The first kappa shape index (κ1) is 36.6. The number of aromatic hydroxyl groups is 2. The molecule has 0 amide bonds. The summed E-state index contributed by atoms with van der Waals surface area (Å²) in [6.07, 6.45) is 2.54. The number of phenolic OH excluding ortho intramolecular Hbond substituents is 2. The van der Waals surface area contributed by atoms with Gasteiger partial charge >= 0.3 is 11.9 Å². The van der Waals surface area contributed by atoms with E-state index in [0.717, 1.165) is 25.3 Å². The fourth-order valence-electron chi connectivity index (χ4n) is 5.42. The molecule has 0 aliphatic carbocycles. The standard InChI is InChI=1S/C34H54O7Si2/c1-25(19-21-39-31(37)27-11-15-29(35)16-12-27)23-33(3,4)43(9,10)41-34(5,6)42(7,8)24-26(2)20-22-40-32(38)28-13-17-30(36)18-14-28/h11-18,25-26,35-36H,19-24H2,1-10H3. The van der Waals surface area contributed by atoms with E-state index in [0.29, 0.717) is 36.2 Å². The van der Waals surface area contributed by atoms with E-state index in [-0.39, 0.29) is 33.7 Å². The number of benzene rings is 2. The van der Waals surface area contributed by atoms with Crippen molar-refractivity contribution in [2.75, 3.05) is 13.2 Å². The second kappa shape index (κ2) is 14.9. The van der Waals surface area contributed by atoms with Gasteiger partial charge in [0.05, 0.1) is 32.4 Å². The minimum atomic E-state index is -2.17. The third-order valence-electron chi connectivity index (χ3n) is 9.38. The van der Waals surface area contributed by atoms with Gasteiger partial charge in [-0.2, -0.15) is 0 Å². The Morgan fingerprint density at radius 3 is 1.53 bits per heavy atom. The summed E-state index contributed by atoms with van der Waals surface area (Å²) in [6, 6.07) is 13.3. The van der Waals surface area contributed by atoms with Crippen LogP contribution in [0.2, 0.25) is 37.3 Å². The molecule has 0 aliphatic rings. The van der Waals surface area contributed by atoms with Crippen LogP contribution in [0.3, 0.4) is 0 Å². The Labute approximate surface area is 261 Å².